The molecule has 1 aliphatic rings. The number of methoxy groups -OCH3 is 1. The second-order valence-corrected chi connectivity index (χ2v) is 4.48. The average Bonchev–Trinajstić information content (AvgIpc) is 2.36. The molecule has 2 atom stereocenters. The molecule has 5 heteroatoms. The largest absolute Gasteiger partial charge is 0.385 e. The number of hydrogen-bond donors (Lipinski definition) is 2. The van der Waals surface area contributed by atoms with E-state index in [0.717, 1.165) is 32.7 Å². The summed E-state index contributed by atoms with van der Waals surface area (Å²) in [7, 11) is 1.71. The second kappa shape index (κ2) is 7.63. The minimum atomic E-state index is -0.0458. The van der Waals surface area contributed by atoms with Crippen LogP contribution in [0.3, 0.4) is 0 Å². The van der Waals surface area contributed by atoms with Crippen molar-refractivity contribution in [1.29, 1.82) is 0 Å². The van der Waals surface area contributed by atoms with Gasteiger partial charge in [0.05, 0.1) is 0 Å². The third kappa shape index (κ3) is 4.26. The number of carbonyl (C=O) groups excluding carboxylic acids is 1. The molecule has 1 amide bonds. The van der Waals surface area contributed by atoms with E-state index in [2.05, 4.69) is 22.5 Å². The molecule has 1 aliphatic heterocycles. The van der Waals surface area contributed by atoms with Gasteiger partial charge in [0.1, 0.15) is 6.04 Å². The van der Waals surface area contributed by atoms with E-state index in [1.807, 2.05) is 6.92 Å². The third-order valence-electron chi connectivity index (χ3n) is 3.24. The lowest BCUT2D eigenvalue weighted by molar-refractivity contribution is -0.128. The molecule has 0 aromatic heterocycles. The van der Waals surface area contributed by atoms with Crippen LogP contribution < -0.4 is 10.6 Å². The van der Waals surface area contributed by atoms with Crippen molar-refractivity contribution < 1.29 is 9.53 Å². The minimum absolute atomic E-state index is 0.0458. The molecule has 1 saturated heterocycles. The van der Waals surface area contributed by atoms with Gasteiger partial charge in [-0.3, -0.25) is 9.69 Å². The number of amides is 1. The third-order valence-corrected chi connectivity index (χ3v) is 3.24. The average molecular weight is 243 g/mol. The van der Waals surface area contributed by atoms with Gasteiger partial charge in [-0.05, 0) is 20.3 Å². The maximum absolute atomic E-state index is 12.0. The number of piperazine rings is 1. The fourth-order valence-corrected chi connectivity index (χ4v) is 2.24. The Balaban J connectivity index is 2.55. The zero-order valence-electron chi connectivity index (χ0n) is 11.2. The number of nitrogens with zero attached hydrogens (tertiary/aromatic N) is 1. The second-order valence-electron chi connectivity index (χ2n) is 4.48. The Kier molecular flexibility index (Phi) is 6.47. The van der Waals surface area contributed by atoms with E-state index in [-0.39, 0.29) is 11.9 Å². The van der Waals surface area contributed by atoms with E-state index in [1.165, 1.54) is 0 Å². The Labute approximate surface area is 104 Å². The van der Waals surface area contributed by atoms with Crippen LogP contribution in [0.5, 0.6) is 0 Å². The molecule has 17 heavy (non-hydrogen) atoms. The van der Waals surface area contributed by atoms with E-state index < -0.39 is 0 Å². The monoisotopic (exact) mass is 243 g/mol. The van der Waals surface area contributed by atoms with E-state index in [4.69, 9.17) is 4.74 Å². The first-order valence-corrected chi connectivity index (χ1v) is 6.43. The quantitative estimate of drug-likeness (QED) is 0.679. The highest BCUT2D eigenvalue weighted by Gasteiger charge is 2.31. The lowest BCUT2D eigenvalue weighted by Gasteiger charge is -2.39. The zero-order valence-corrected chi connectivity index (χ0v) is 11.2. The van der Waals surface area contributed by atoms with Crippen molar-refractivity contribution in [2.45, 2.75) is 32.4 Å². The van der Waals surface area contributed by atoms with Gasteiger partial charge in [0.15, 0.2) is 0 Å². The van der Waals surface area contributed by atoms with Crippen molar-refractivity contribution in [3.05, 3.63) is 0 Å². The van der Waals surface area contributed by atoms with Gasteiger partial charge in [-0.25, -0.2) is 0 Å². The van der Waals surface area contributed by atoms with Crippen molar-refractivity contribution in [2.24, 2.45) is 0 Å². The van der Waals surface area contributed by atoms with Gasteiger partial charge in [-0.15, -0.1) is 0 Å². The molecule has 5 nitrogen and oxygen atoms in total. The standard InChI is InChI=1S/C12H25N3O2/c1-4-14-12(16)11-9-13-6-7-15(11)10(2)5-8-17-3/h10-11,13H,4-9H2,1-3H3,(H,14,16). The van der Waals surface area contributed by atoms with Gasteiger partial charge in [-0.1, -0.05) is 0 Å². The lowest BCUT2D eigenvalue weighted by Crippen LogP contribution is -2.60. The normalized spacial score (nSPS) is 23.4. The van der Waals surface area contributed by atoms with Gasteiger partial charge in [0, 0.05) is 45.9 Å². The van der Waals surface area contributed by atoms with Crippen LogP contribution in [0.1, 0.15) is 20.3 Å². The summed E-state index contributed by atoms with van der Waals surface area (Å²) in [6.07, 6.45) is 0.965. The van der Waals surface area contributed by atoms with E-state index in [1.54, 1.807) is 7.11 Å². The molecular formula is C12H25N3O2. The smallest absolute Gasteiger partial charge is 0.238 e. The molecule has 0 aliphatic carbocycles. The zero-order chi connectivity index (χ0) is 12.7. The summed E-state index contributed by atoms with van der Waals surface area (Å²) in [5, 5.41) is 6.19. The van der Waals surface area contributed by atoms with Crippen LogP contribution in [-0.2, 0) is 9.53 Å². The first-order chi connectivity index (χ1) is 8.20. The molecule has 1 rings (SSSR count). The summed E-state index contributed by atoms with van der Waals surface area (Å²) < 4.78 is 5.10. The summed E-state index contributed by atoms with van der Waals surface area (Å²) in [4.78, 5) is 14.2. The SMILES string of the molecule is CCNC(=O)C1CNCCN1C(C)CCOC. The number of nitrogens with one attached hydrogen (secondary N) is 2. The van der Waals surface area contributed by atoms with Crippen molar-refractivity contribution in [2.75, 3.05) is 39.9 Å². The molecule has 2 N–H and O–H groups in total. The molecule has 0 aromatic rings. The fraction of sp³-hybridized carbons (Fsp3) is 0.917. The van der Waals surface area contributed by atoms with Crippen molar-refractivity contribution in [1.82, 2.24) is 15.5 Å². The molecule has 1 heterocycles. The molecule has 1 fully saturated rings. The van der Waals surface area contributed by atoms with Gasteiger partial charge in [0.2, 0.25) is 5.91 Å². The van der Waals surface area contributed by atoms with Gasteiger partial charge >= 0.3 is 0 Å². The van der Waals surface area contributed by atoms with Crippen LogP contribution in [0.15, 0.2) is 0 Å². The topological polar surface area (TPSA) is 53.6 Å². The predicted octanol–water partition coefficient (Wildman–Crippen LogP) is -0.179. The van der Waals surface area contributed by atoms with Crippen LogP contribution in [-0.4, -0.2) is 62.8 Å². The fourth-order valence-electron chi connectivity index (χ4n) is 2.24. The van der Waals surface area contributed by atoms with Crippen molar-refractivity contribution >= 4 is 5.91 Å². The maximum atomic E-state index is 12.0. The molecule has 0 bridgehead atoms. The first kappa shape index (κ1) is 14.4. The van der Waals surface area contributed by atoms with E-state index in [0.29, 0.717) is 12.6 Å². The molecule has 0 aromatic carbocycles. The molecule has 0 spiro atoms. The van der Waals surface area contributed by atoms with Crippen LogP contribution >= 0.6 is 0 Å². The Morgan fingerprint density at radius 2 is 2.41 bits per heavy atom. The van der Waals surface area contributed by atoms with E-state index >= 15 is 0 Å². The van der Waals surface area contributed by atoms with Crippen LogP contribution in [0.2, 0.25) is 0 Å². The molecule has 0 saturated carbocycles. The summed E-state index contributed by atoms with van der Waals surface area (Å²) >= 11 is 0. The molecule has 2 unspecified atom stereocenters. The van der Waals surface area contributed by atoms with Gasteiger partial charge < -0.3 is 15.4 Å². The highest BCUT2D eigenvalue weighted by atomic mass is 16.5. The van der Waals surface area contributed by atoms with Crippen molar-refractivity contribution in [3.8, 4) is 0 Å². The highest BCUT2D eigenvalue weighted by molar-refractivity contribution is 5.82. The minimum Gasteiger partial charge on any atom is -0.385 e. The van der Waals surface area contributed by atoms with Crippen molar-refractivity contribution in [3.63, 3.8) is 0 Å². The predicted molar refractivity (Wildman–Crippen MR) is 68.0 cm³/mol. The number of hydrogen-bond acceptors (Lipinski definition) is 4. The summed E-state index contributed by atoms with van der Waals surface area (Å²) in [5.41, 5.74) is 0. The Hall–Kier alpha value is -0.650. The first-order valence-electron chi connectivity index (χ1n) is 6.43. The summed E-state index contributed by atoms with van der Waals surface area (Å²) in [6.45, 7) is 8.16. The maximum Gasteiger partial charge on any atom is 0.238 e. The number of likely N-dealkylation sites (N-methyl/N-ethyl adjacent to an activating group) is 1. The number of carbonyl (C=O) groups is 1. The Morgan fingerprint density at radius 1 is 1.65 bits per heavy atom. The highest BCUT2D eigenvalue weighted by Crippen LogP contribution is 2.11. The number of rotatable bonds is 6. The Bertz CT molecular complexity index is 236. The molecule has 100 valence electrons. The molecule has 0 radical (unpaired) electrons. The van der Waals surface area contributed by atoms with Crippen LogP contribution in [0.4, 0.5) is 0 Å². The van der Waals surface area contributed by atoms with Gasteiger partial charge in [-0.2, -0.15) is 0 Å². The number of ether oxygens (including phenoxy) is 1. The summed E-state index contributed by atoms with van der Waals surface area (Å²) in [5.74, 6) is 0.129. The van der Waals surface area contributed by atoms with Crippen LogP contribution in [0, 0.1) is 0 Å². The summed E-state index contributed by atoms with van der Waals surface area (Å²) in [6, 6.07) is 0.334. The van der Waals surface area contributed by atoms with Crippen LogP contribution in [0.25, 0.3) is 0 Å². The molecular weight excluding hydrogens is 218 g/mol. The lowest BCUT2D eigenvalue weighted by atomic mass is 10.1. The van der Waals surface area contributed by atoms with Gasteiger partial charge in [0.25, 0.3) is 0 Å². The van der Waals surface area contributed by atoms with E-state index in [9.17, 15) is 4.79 Å². The Morgan fingerprint density at radius 3 is 3.06 bits per heavy atom.